The van der Waals surface area contributed by atoms with Crippen molar-refractivity contribution in [3.05, 3.63) is 0 Å². The van der Waals surface area contributed by atoms with Crippen LogP contribution >= 0.6 is 0 Å². The van der Waals surface area contributed by atoms with Gasteiger partial charge in [-0.25, -0.2) is 0 Å². The molecule has 24 heavy (non-hydrogen) atoms. The monoisotopic (exact) mass is 343 g/mol. The molecule has 5 nitrogen and oxygen atoms in total. The molecule has 0 saturated carbocycles. The predicted molar refractivity (Wildman–Crippen MR) is 102 cm³/mol. The van der Waals surface area contributed by atoms with E-state index in [9.17, 15) is 0 Å². The topological polar surface area (TPSA) is 45.8 Å². The highest BCUT2D eigenvalue weighted by atomic mass is 16.5. The highest BCUT2D eigenvalue weighted by Crippen LogP contribution is 2.30. The van der Waals surface area contributed by atoms with Crippen molar-refractivity contribution in [3.8, 4) is 0 Å². The van der Waals surface area contributed by atoms with Gasteiger partial charge in [-0.3, -0.25) is 4.90 Å². The Kier molecular flexibility index (Phi) is 11.1. The number of rotatable bonds is 2. The summed E-state index contributed by atoms with van der Waals surface area (Å²) >= 11 is 0. The summed E-state index contributed by atoms with van der Waals surface area (Å²) in [6.07, 6.45) is 1.31. The average molecular weight is 344 g/mol. The van der Waals surface area contributed by atoms with E-state index in [4.69, 9.17) is 9.47 Å². The fourth-order valence-electron chi connectivity index (χ4n) is 2.55. The maximum absolute atomic E-state index is 5.26. The molecule has 1 spiro atoms. The molecule has 0 amide bonds. The zero-order chi connectivity index (χ0) is 17.8. The molecular formula is C19H41N3O2. The molecule has 0 radical (unpaired) electrons. The Balaban J connectivity index is 0.000000181. The van der Waals surface area contributed by atoms with Crippen molar-refractivity contribution in [2.45, 2.75) is 47.1 Å². The minimum absolute atomic E-state index is 0.611. The number of hydrogen-bond donors (Lipinski definition) is 2. The summed E-state index contributed by atoms with van der Waals surface area (Å²) in [5.41, 5.74) is 0.611. The SMILES string of the molecule is C1CN(C2CNC2)CCO1.C1NCC12COC2.CC.CCC(C)C. The second-order valence-corrected chi connectivity index (χ2v) is 7.36. The molecule has 4 saturated heterocycles. The minimum atomic E-state index is 0.611. The third-order valence-electron chi connectivity index (χ3n) is 4.95. The fourth-order valence-corrected chi connectivity index (χ4v) is 2.55. The molecule has 144 valence electrons. The molecule has 0 aromatic carbocycles. The number of nitrogens with zero attached hydrogens (tertiary/aromatic N) is 1. The van der Waals surface area contributed by atoms with Gasteiger partial charge in [0.25, 0.3) is 0 Å². The maximum atomic E-state index is 5.26. The number of hydrogen-bond acceptors (Lipinski definition) is 5. The molecule has 4 fully saturated rings. The second kappa shape index (κ2) is 12.2. The lowest BCUT2D eigenvalue weighted by molar-refractivity contribution is -0.139. The molecular weight excluding hydrogens is 302 g/mol. The Hall–Kier alpha value is -0.200. The van der Waals surface area contributed by atoms with Crippen LogP contribution in [0.15, 0.2) is 0 Å². The van der Waals surface area contributed by atoms with Gasteiger partial charge in [-0.05, 0) is 5.92 Å². The molecule has 0 aromatic rings. The Morgan fingerprint density at radius 1 is 1.00 bits per heavy atom. The molecule has 4 aliphatic heterocycles. The van der Waals surface area contributed by atoms with Crippen LogP contribution in [-0.4, -0.2) is 76.6 Å². The van der Waals surface area contributed by atoms with Gasteiger partial charge in [0, 0.05) is 50.7 Å². The third-order valence-corrected chi connectivity index (χ3v) is 4.95. The lowest BCUT2D eigenvalue weighted by atomic mass is 9.80. The van der Waals surface area contributed by atoms with E-state index >= 15 is 0 Å². The summed E-state index contributed by atoms with van der Waals surface area (Å²) in [6, 6.07) is 0.809. The Morgan fingerprint density at radius 2 is 1.54 bits per heavy atom. The summed E-state index contributed by atoms with van der Waals surface area (Å²) in [7, 11) is 0. The van der Waals surface area contributed by atoms with Crippen LogP contribution in [0.1, 0.15) is 41.0 Å². The van der Waals surface area contributed by atoms with Gasteiger partial charge >= 0.3 is 0 Å². The molecule has 2 N–H and O–H groups in total. The normalized spacial score (nSPS) is 24.8. The van der Waals surface area contributed by atoms with Crippen molar-refractivity contribution in [3.63, 3.8) is 0 Å². The molecule has 5 heteroatoms. The molecule has 0 aromatic heterocycles. The van der Waals surface area contributed by atoms with Gasteiger partial charge in [0.15, 0.2) is 0 Å². The largest absolute Gasteiger partial charge is 0.380 e. The highest BCUT2D eigenvalue weighted by molar-refractivity contribution is 4.96. The van der Waals surface area contributed by atoms with Crippen LogP contribution in [0.4, 0.5) is 0 Å². The van der Waals surface area contributed by atoms with Gasteiger partial charge in [0.1, 0.15) is 0 Å². The molecule has 0 aliphatic carbocycles. The lowest BCUT2D eigenvalue weighted by Crippen LogP contribution is -2.64. The van der Waals surface area contributed by atoms with Crippen LogP contribution in [0.3, 0.4) is 0 Å². The van der Waals surface area contributed by atoms with Crippen molar-refractivity contribution in [1.82, 2.24) is 15.5 Å². The van der Waals surface area contributed by atoms with Crippen molar-refractivity contribution in [2.75, 3.05) is 65.7 Å². The van der Waals surface area contributed by atoms with Crippen LogP contribution in [0, 0.1) is 11.3 Å². The quantitative estimate of drug-likeness (QED) is 0.803. The molecule has 0 atom stereocenters. The average Bonchev–Trinajstić information content (AvgIpc) is 2.47. The number of morpholine rings is 1. The summed E-state index contributed by atoms with van der Waals surface area (Å²) in [4.78, 5) is 2.51. The van der Waals surface area contributed by atoms with E-state index in [0.29, 0.717) is 5.41 Å². The van der Waals surface area contributed by atoms with Crippen molar-refractivity contribution < 1.29 is 9.47 Å². The maximum Gasteiger partial charge on any atom is 0.0594 e. The van der Waals surface area contributed by atoms with E-state index in [1.165, 1.54) is 32.6 Å². The van der Waals surface area contributed by atoms with Crippen molar-refractivity contribution in [2.24, 2.45) is 11.3 Å². The van der Waals surface area contributed by atoms with E-state index in [1.807, 2.05) is 13.8 Å². The lowest BCUT2D eigenvalue weighted by Gasteiger charge is -2.48. The van der Waals surface area contributed by atoms with E-state index < -0.39 is 0 Å². The fraction of sp³-hybridized carbons (Fsp3) is 1.00. The smallest absolute Gasteiger partial charge is 0.0594 e. The summed E-state index contributed by atoms with van der Waals surface area (Å²) in [5, 5.41) is 6.50. The first-order valence-corrected chi connectivity index (χ1v) is 9.96. The summed E-state index contributed by atoms with van der Waals surface area (Å²) in [6.45, 7) is 21.5. The number of ether oxygens (including phenoxy) is 2. The molecule has 0 bridgehead atoms. The van der Waals surface area contributed by atoms with E-state index in [0.717, 1.165) is 51.5 Å². The first-order valence-electron chi connectivity index (χ1n) is 9.96. The van der Waals surface area contributed by atoms with Gasteiger partial charge in [-0.2, -0.15) is 0 Å². The standard InChI is InChI=1S/C7H14N2O.C5H9NO.C5H12.C2H6/c1-3-10-4-2-9(1)7-5-8-6-7;1-5(2-6-1)3-7-4-5;1-4-5(2)3;1-2/h7-8H,1-6H2;6H,1-4H2;5H,4H2,1-3H3;1-2H3. The van der Waals surface area contributed by atoms with E-state index in [-0.39, 0.29) is 0 Å². The Labute approximate surface area is 149 Å². The van der Waals surface area contributed by atoms with Crippen LogP contribution in [0.2, 0.25) is 0 Å². The minimum Gasteiger partial charge on any atom is -0.380 e. The second-order valence-electron chi connectivity index (χ2n) is 7.36. The van der Waals surface area contributed by atoms with Gasteiger partial charge in [-0.15, -0.1) is 0 Å². The van der Waals surface area contributed by atoms with Crippen LogP contribution < -0.4 is 10.6 Å². The highest BCUT2D eigenvalue weighted by Gasteiger charge is 2.43. The summed E-state index contributed by atoms with van der Waals surface area (Å²) < 4.78 is 10.3. The Morgan fingerprint density at radius 3 is 1.75 bits per heavy atom. The zero-order valence-corrected chi connectivity index (χ0v) is 16.7. The number of nitrogens with one attached hydrogen (secondary N) is 2. The van der Waals surface area contributed by atoms with Gasteiger partial charge in [0.05, 0.1) is 26.4 Å². The van der Waals surface area contributed by atoms with Crippen molar-refractivity contribution in [1.29, 1.82) is 0 Å². The van der Waals surface area contributed by atoms with Gasteiger partial charge in [0.2, 0.25) is 0 Å². The molecule has 4 aliphatic rings. The van der Waals surface area contributed by atoms with E-state index in [1.54, 1.807) is 0 Å². The van der Waals surface area contributed by atoms with Crippen molar-refractivity contribution >= 4 is 0 Å². The molecule has 4 heterocycles. The van der Waals surface area contributed by atoms with Gasteiger partial charge in [-0.1, -0.05) is 41.0 Å². The van der Waals surface area contributed by atoms with E-state index in [2.05, 4.69) is 36.3 Å². The third kappa shape index (κ3) is 7.36. The molecule has 0 unspecified atom stereocenters. The Bertz CT molecular complexity index is 279. The molecule has 4 rings (SSSR count). The first-order chi connectivity index (χ1) is 11.7. The van der Waals surface area contributed by atoms with Crippen LogP contribution in [0.5, 0.6) is 0 Å². The van der Waals surface area contributed by atoms with Crippen LogP contribution in [0.25, 0.3) is 0 Å². The zero-order valence-electron chi connectivity index (χ0n) is 16.7. The van der Waals surface area contributed by atoms with Gasteiger partial charge < -0.3 is 20.1 Å². The summed E-state index contributed by atoms with van der Waals surface area (Å²) in [5.74, 6) is 0.884. The first kappa shape index (κ1) is 21.8. The predicted octanol–water partition coefficient (Wildman–Crippen LogP) is 1.98. The van der Waals surface area contributed by atoms with Crippen LogP contribution in [-0.2, 0) is 9.47 Å².